The molecule has 3 amide bonds. The molecular formula is C22H21N3O7S. The van der Waals surface area contributed by atoms with E-state index in [2.05, 4.69) is 15.4 Å². The molecule has 2 aromatic carbocycles. The molecule has 3 aromatic rings. The Kier molecular flexibility index (Phi) is 7.59. The monoisotopic (exact) mass is 471 g/mol. The highest BCUT2D eigenvalue weighted by atomic mass is 32.2. The topological polar surface area (TPSA) is 144 Å². The molecule has 33 heavy (non-hydrogen) atoms. The summed E-state index contributed by atoms with van der Waals surface area (Å²) in [4.78, 5) is 36.6. The van der Waals surface area contributed by atoms with Gasteiger partial charge >= 0.3 is 12.0 Å². The highest BCUT2D eigenvalue weighted by Gasteiger charge is 2.27. The number of rotatable bonds is 8. The number of sulfonamides is 1. The number of esters is 1. The number of amides is 3. The van der Waals surface area contributed by atoms with Gasteiger partial charge in [0.25, 0.3) is 5.91 Å². The second-order valence-corrected chi connectivity index (χ2v) is 8.46. The van der Waals surface area contributed by atoms with Crippen molar-refractivity contribution in [1.82, 2.24) is 15.4 Å². The summed E-state index contributed by atoms with van der Waals surface area (Å²) in [5, 5.41) is 4.32. The van der Waals surface area contributed by atoms with Crippen molar-refractivity contribution in [2.24, 2.45) is 0 Å². The number of urea groups is 1. The predicted octanol–water partition coefficient (Wildman–Crippen LogP) is 2.11. The number of nitrogens with one attached hydrogen (secondary N) is 3. The van der Waals surface area contributed by atoms with Crippen LogP contribution in [0.1, 0.15) is 27.8 Å². The number of carbonyl (C=O) groups is 3. The first kappa shape index (κ1) is 23.7. The number of benzene rings is 2. The molecule has 0 unspecified atom stereocenters. The van der Waals surface area contributed by atoms with Crippen LogP contribution >= 0.6 is 0 Å². The molecular weight excluding hydrogens is 450 g/mol. The Bertz CT molecular complexity index is 1210. The molecule has 1 heterocycles. The lowest BCUT2D eigenvalue weighted by atomic mass is 10.1. The average molecular weight is 471 g/mol. The van der Waals surface area contributed by atoms with Gasteiger partial charge in [-0.15, -0.1) is 0 Å². The van der Waals surface area contributed by atoms with E-state index in [9.17, 15) is 22.8 Å². The van der Waals surface area contributed by atoms with Crippen LogP contribution in [0.3, 0.4) is 0 Å². The Labute approximate surface area is 190 Å². The van der Waals surface area contributed by atoms with Crippen LogP contribution in [0.25, 0.3) is 0 Å². The minimum Gasteiger partial charge on any atom is -0.468 e. The molecule has 0 spiro atoms. The van der Waals surface area contributed by atoms with Gasteiger partial charge in [-0.25, -0.2) is 22.7 Å². The molecule has 172 valence electrons. The summed E-state index contributed by atoms with van der Waals surface area (Å²) < 4.78 is 37.7. The molecule has 1 atom stereocenters. The first-order chi connectivity index (χ1) is 15.8. The molecule has 3 rings (SSSR count). The summed E-state index contributed by atoms with van der Waals surface area (Å²) in [5.74, 6) is -1.26. The van der Waals surface area contributed by atoms with Crippen molar-refractivity contribution in [3.63, 3.8) is 0 Å². The van der Waals surface area contributed by atoms with Crippen LogP contribution < -0.4 is 15.4 Å². The Hall–Kier alpha value is -3.96. The quantitative estimate of drug-likeness (QED) is 0.427. The van der Waals surface area contributed by atoms with Crippen molar-refractivity contribution in [1.29, 1.82) is 0 Å². The summed E-state index contributed by atoms with van der Waals surface area (Å²) in [6, 6.07) is 15.7. The van der Waals surface area contributed by atoms with Crippen LogP contribution in [0.15, 0.2) is 82.3 Å². The second kappa shape index (κ2) is 10.6. The first-order valence-electron chi connectivity index (χ1n) is 9.71. The number of imide groups is 1. The maximum Gasteiger partial charge on any atom is 0.339 e. The highest BCUT2D eigenvalue weighted by molar-refractivity contribution is 7.89. The fourth-order valence-corrected chi connectivity index (χ4v) is 3.74. The van der Waals surface area contributed by atoms with E-state index in [0.717, 1.165) is 0 Å². The lowest BCUT2D eigenvalue weighted by Crippen LogP contribution is -2.41. The lowest BCUT2D eigenvalue weighted by Gasteiger charge is -2.17. The number of furan rings is 1. The Morgan fingerprint density at radius 1 is 0.970 bits per heavy atom. The van der Waals surface area contributed by atoms with Crippen molar-refractivity contribution in [2.45, 2.75) is 17.5 Å². The molecule has 0 saturated heterocycles. The molecule has 0 radical (unpaired) electrons. The Morgan fingerprint density at radius 2 is 1.67 bits per heavy atom. The molecule has 11 heteroatoms. The molecule has 0 aliphatic rings. The van der Waals surface area contributed by atoms with Gasteiger partial charge in [-0.05, 0) is 36.4 Å². The van der Waals surface area contributed by atoms with Gasteiger partial charge in [-0.2, -0.15) is 0 Å². The van der Waals surface area contributed by atoms with Gasteiger partial charge < -0.3 is 14.5 Å². The average Bonchev–Trinajstić information content (AvgIpc) is 3.35. The van der Waals surface area contributed by atoms with Gasteiger partial charge in [0.2, 0.25) is 16.1 Å². The molecule has 0 bridgehead atoms. The van der Waals surface area contributed by atoms with Crippen molar-refractivity contribution in [2.75, 3.05) is 7.05 Å². The molecule has 0 saturated carbocycles. The van der Waals surface area contributed by atoms with Gasteiger partial charge in [-0.3, -0.25) is 10.1 Å². The van der Waals surface area contributed by atoms with Crippen LogP contribution in [-0.4, -0.2) is 33.4 Å². The summed E-state index contributed by atoms with van der Waals surface area (Å²) in [5.41, 5.74) is 0.377. The van der Waals surface area contributed by atoms with Crippen LogP contribution in [0.4, 0.5) is 4.79 Å². The van der Waals surface area contributed by atoms with E-state index in [1.54, 1.807) is 42.5 Å². The van der Waals surface area contributed by atoms with Gasteiger partial charge in [0.05, 0.1) is 23.3 Å². The number of ether oxygens (including phenoxy) is 1. The molecule has 0 fully saturated rings. The van der Waals surface area contributed by atoms with Crippen LogP contribution in [0, 0.1) is 0 Å². The Balaban J connectivity index is 1.73. The van der Waals surface area contributed by atoms with E-state index in [-0.39, 0.29) is 17.0 Å². The fourth-order valence-electron chi connectivity index (χ4n) is 2.75. The molecule has 0 aliphatic heterocycles. The third kappa shape index (κ3) is 6.28. The highest BCUT2D eigenvalue weighted by Crippen LogP contribution is 2.20. The van der Waals surface area contributed by atoms with E-state index in [0.29, 0.717) is 11.3 Å². The third-order valence-corrected chi connectivity index (χ3v) is 5.86. The number of hydrogen-bond acceptors (Lipinski definition) is 7. The predicted molar refractivity (Wildman–Crippen MR) is 116 cm³/mol. The van der Waals surface area contributed by atoms with Crippen molar-refractivity contribution >= 4 is 27.9 Å². The normalized spacial score (nSPS) is 11.9. The standard InChI is InChI=1S/C22H21N3O7S/c1-23-22(28)25-20(26)19(15-6-3-2-4-7-15)32-21(27)16-9-11-18(12-10-16)33(29,30)24-14-17-8-5-13-31-17/h2-13,19,24H,14H2,1H3,(H2,23,25,26,28)/t19-/m1/s1. The van der Waals surface area contributed by atoms with Gasteiger partial charge in [0.15, 0.2) is 0 Å². The zero-order chi connectivity index (χ0) is 23.8. The smallest absolute Gasteiger partial charge is 0.339 e. The van der Waals surface area contributed by atoms with Gasteiger partial charge in [0.1, 0.15) is 5.76 Å². The molecule has 3 N–H and O–H groups in total. The summed E-state index contributed by atoms with van der Waals surface area (Å²) in [6.07, 6.45) is 0.0381. The van der Waals surface area contributed by atoms with Gasteiger partial charge in [0, 0.05) is 12.6 Å². The molecule has 10 nitrogen and oxygen atoms in total. The van der Waals surface area contributed by atoms with E-state index in [1.807, 2.05) is 0 Å². The Morgan fingerprint density at radius 3 is 2.27 bits per heavy atom. The zero-order valence-corrected chi connectivity index (χ0v) is 18.3. The van der Waals surface area contributed by atoms with E-state index >= 15 is 0 Å². The SMILES string of the molecule is CNC(=O)NC(=O)[C@H](OC(=O)c1ccc(S(=O)(=O)NCc2ccco2)cc1)c1ccccc1. The fraction of sp³-hybridized carbons (Fsp3) is 0.136. The lowest BCUT2D eigenvalue weighted by molar-refractivity contribution is -0.129. The summed E-state index contributed by atoms with van der Waals surface area (Å²) in [7, 11) is -2.51. The van der Waals surface area contributed by atoms with Crippen molar-refractivity contribution < 1.29 is 32.0 Å². The van der Waals surface area contributed by atoms with Gasteiger partial charge in [-0.1, -0.05) is 30.3 Å². The van der Waals surface area contributed by atoms with Crippen LogP contribution in [0.5, 0.6) is 0 Å². The van der Waals surface area contributed by atoms with Crippen molar-refractivity contribution in [3.8, 4) is 0 Å². The van der Waals surface area contributed by atoms with Crippen LogP contribution in [0.2, 0.25) is 0 Å². The third-order valence-electron chi connectivity index (χ3n) is 4.45. The maximum atomic E-state index is 12.7. The molecule has 0 aliphatic carbocycles. The van der Waals surface area contributed by atoms with E-state index < -0.39 is 34.0 Å². The zero-order valence-electron chi connectivity index (χ0n) is 17.5. The van der Waals surface area contributed by atoms with E-state index in [1.165, 1.54) is 37.6 Å². The van der Waals surface area contributed by atoms with Crippen LogP contribution in [-0.2, 0) is 26.1 Å². The van der Waals surface area contributed by atoms with E-state index in [4.69, 9.17) is 9.15 Å². The summed E-state index contributed by atoms with van der Waals surface area (Å²) in [6.45, 7) is -0.0294. The number of carbonyl (C=O) groups excluding carboxylic acids is 3. The largest absolute Gasteiger partial charge is 0.468 e. The van der Waals surface area contributed by atoms with Crippen molar-refractivity contribution in [3.05, 3.63) is 89.9 Å². The first-order valence-corrected chi connectivity index (χ1v) is 11.2. The summed E-state index contributed by atoms with van der Waals surface area (Å²) >= 11 is 0. The number of hydrogen-bond donors (Lipinski definition) is 3. The minimum absolute atomic E-state index is 0.0219. The maximum absolute atomic E-state index is 12.7. The molecule has 1 aromatic heterocycles. The minimum atomic E-state index is -3.85. The second-order valence-electron chi connectivity index (χ2n) is 6.69.